The predicted octanol–water partition coefficient (Wildman–Crippen LogP) is 7.89. The molecule has 1 rings (SSSR count). The molecule has 0 amide bonds. The first kappa shape index (κ1) is 23.5. The lowest BCUT2D eigenvalue weighted by atomic mass is 9.74. The second kappa shape index (κ2) is 11.7. The van der Waals surface area contributed by atoms with E-state index in [-0.39, 0.29) is 0 Å². The van der Waals surface area contributed by atoms with E-state index in [9.17, 15) is 0 Å². The van der Waals surface area contributed by atoms with E-state index in [0.717, 1.165) is 0 Å². The Morgan fingerprint density at radius 3 is 0.864 bits per heavy atom. The maximum Gasteiger partial charge on any atom is -0.00805 e. The van der Waals surface area contributed by atoms with Crippen molar-refractivity contribution in [3.05, 3.63) is 35.4 Å². The van der Waals surface area contributed by atoms with E-state index in [4.69, 9.17) is 0 Å². The second-order valence-electron chi connectivity index (χ2n) is 6.11. The molecule has 0 heterocycles. The summed E-state index contributed by atoms with van der Waals surface area (Å²) in [7, 11) is 0. The molecule has 0 aliphatic heterocycles. The third-order valence-electron chi connectivity index (χ3n) is 5.40. The van der Waals surface area contributed by atoms with Crippen LogP contribution in [-0.4, -0.2) is 0 Å². The maximum atomic E-state index is 2.38. The van der Waals surface area contributed by atoms with Gasteiger partial charge in [0.25, 0.3) is 0 Å². The normalized spacial score (nSPS) is 11.0. The van der Waals surface area contributed by atoms with E-state index in [1.54, 1.807) is 0 Å². The van der Waals surface area contributed by atoms with Gasteiger partial charge in [-0.05, 0) is 47.6 Å². The molecule has 0 fully saturated rings. The molecular weight excluding hydrogens is 264 g/mol. The van der Waals surface area contributed by atoms with Gasteiger partial charge in [-0.2, -0.15) is 0 Å². The molecule has 0 saturated carbocycles. The Balaban J connectivity index is 0. The lowest BCUT2D eigenvalue weighted by molar-refractivity contribution is 0.430. The van der Waals surface area contributed by atoms with Crippen LogP contribution < -0.4 is 0 Å². The molecule has 1 aromatic rings. The van der Waals surface area contributed by atoms with Crippen LogP contribution in [0.4, 0.5) is 0 Å². The summed E-state index contributed by atoms with van der Waals surface area (Å²) < 4.78 is 0. The lowest BCUT2D eigenvalue weighted by Crippen LogP contribution is -2.22. The van der Waals surface area contributed by atoms with E-state index in [0.29, 0.717) is 10.8 Å². The smallest absolute Gasteiger partial charge is 0.00805 e. The van der Waals surface area contributed by atoms with E-state index < -0.39 is 0 Å². The van der Waals surface area contributed by atoms with Gasteiger partial charge in [-0.3, -0.25) is 0 Å². The van der Waals surface area contributed by atoms with Crippen molar-refractivity contribution >= 4 is 0 Å². The summed E-state index contributed by atoms with van der Waals surface area (Å²) in [6.07, 6.45) is 4.84. The van der Waals surface area contributed by atoms with Gasteiger partial charge in [0.15, 0.2) is 0 Å². The summed E-state index contributed by atoms with van der Waals surface area (Å²) in [5.74, 6) is 0. The van der Waals surface area contributed by atoms with Crippen molar-refractivity contribution in [2.75, 3.05) is 0 Å². The number of rotatable bonds is 6. The molecule has 0 aliphatic carbocycles. The Kier molecular flexibility index (Phi) is 12.5. The zero-order valence-electron chi connectivity index (χ0n) is 17.1. The molecule has 22 heavy (non-hydrogen) atoms. The van der Waals surface area contributed by atoms with Gasteiger partial charge in [-0.1, -0.05) is 93.5 Å². The molecule has 0 unspecified atom stereocenters. The van der Waals surface area contributed by atoms with Crippen molar-refractivity contribution in [3.8, 4) is 0 Å². The van der Waals surface area contributed by atoms with Crippen LogP contribution in [0, 0.1) is 0 Å². The lowest BCUT2D eigenvalue weighted by Gasteiger charge is -2.30. The Morgan fingerprint density at radius 1 is 0.545 bits per heavy atom. The molecule has 0 saturated heterocycles. The van der Waals surface area contributed by atoms with Crippen LogP contribution in [0.3, 0.4) is 0 Å². The van der Waals surface area contributed by atoms with Crippen molar-refractivity contribution in [3.63, 3.8) is 0 Å². The topological polar surface area (TPSA) is 0 Å². The minimum atomic E-state index is 0.341. The highest BCUT2D eigenvalue weighted by atomic mass is 14.3. The van der Waals surface area contributed by atoms with Crippen LogP contribution in [0.15, 0.2) is 24.3 Å². The van der Waals surface area contributed by atoms with Crippen LogP contribution in [0.1, 0.15) is 106 Å². The van der Waals surface area contributed by atoms with Gasteiger partial charge in [0.05, 0.1) is 0 Å². The first-order valence-electron chi connectivity index (χ1n) is 9.56. The van der Waals surface area contributed by atoms with Gasteiger partial charge in [0.2, 0.25) is 0 Å². The summed E-state index contributed by atoms with van der Waals surface area (Å²) in [5, 5.41) is 0. The molecule has 0 heteroatoms. The van der Waals surface area contributed by atoms with E-state index >= 15 is 0 Å². The fraction of sp³-hybridized carbons (Fsp3) is 0.727. The Labute approximate surface area is 141 Å². The van der Waals surface area contributed by atoms with Crippen LogP contribution in [0.5, 0.6) is 0 Å². The molecule has 0 radical (unpaired) electrons. The molecule has 0 atom stereocenters. The SMILES string of the molecule is CC.CC.CCC(C)(CC)c1ccc(C(C)(CC)CC)cc1. The Hall–Kier alpha value is -0.780. The zero-order valence-corrected chi connectivity index (χ0v) is 17.1. The number of hydrogen-bond donors (Lipinski definition) is 0. The van der Waals surface area contributed by atoms with Crippen molar-refractivity contribution in [2.24, 2.45) is 0 Å². The zero-order chi connectivity index (χ0) is 17.8. The first-order valence-corrected chi connectivity index (χ1v) is 9.56. The fourth-order valence-corrected chi connectivity index (χ4v) is 2.59. The molecule has 0 N–H and O–H groups in total. The number of hydrogen-bond acceptors (Lipinski definition) is 0. The second-order valence-corrected chi connectivity index (χ2v) is 6.11. The third-order valence-corrected chi connectivity index (χ3v) is 5.40. The van der Waals surface area contributed by atoms with Gasteiger partial charge in [0, 0.05) is 0 Å². The van der Waals surface area contributed by atoms with Crippen molar-refractivity contribution in [1.82, 2.24) is 0 Å². The van der Waals surface area contributed by atoms with Crippen LogP contribution in [0.2, 0.25) is 0 Å². The van der Waals surface area contributed by atoms with Gasteiger partial charge < -0.3 is 0 Å². The highest BCUT2D eigenvalue weighted by Crippen LogP contribution is 2.35. The van der Waals surface area contributed by atoms with Crippen LogP contribution in [-0.2, 0) is 10.8 Å². The maximum absolute atomic E-state index is 2.38. The van der Waals surface area contributed by atoms with Gasteiger partial charge in [0.1, 0.15) is 0 Å². The number of benzene rings is 1. The van der Waals surface area contributed by atoms with Crippen molar-refractivity contribution < 1.29 is 0 Å². The van der Waals surface area contributed by atoms with Crippen LogP contribution >= 0.6 is 0 Å². The molecule has 130 valence electrons. The molecule has 0 aliphatic rings. The monoisotopic (exact) mass is 306 g/mol. The largest absolute Gasteiger partial charge is 0.0683 e. The van der Waals surface area contributed by atoms with E-state index in [1.165, 1.54) is 36.8 Å². The quantitative estimate of drug-likeness (QED) is 0.501. The molecule has 0 aromatic heterocycles. The predicted molar refractivity (Wildman–Crippen MR) is 105 cm³/mol. The summed E-state index contributed by atoms with van der Waals surface area (Å²) in [4.78, 5) is 0. The van der Waals surface area contributed by atoms with Gasteiger partial charge in [-0.15, -0.1) is 0 Å². The average Bonchev–Trinajstić information content (AvgIpc) is 2.63. The first-order chi connectivity index (χ1) is 10.5. The molecule has 0 spiro atoms. The fourth-order valence-electron chi connectivity index (χ4n) is 2.59. The summed E-state index contributed by atoms with van der Waals surface area (Å²) in [6, 6.07) is 9.41. The Bertz CT molecular complexity index is 313. The van der Waals surface area contributed by atoms with Gasteiger partial charge >= 0.3 is 0 Å². The molecule has 0 nitrogen and oxygen atoms in total. The van der Waals surface area contributed by atoms with Crippen molar-refractivity contribution in [2.45, 2.75) is 106 Å². The minimum Gasteiger partial charge on any atom is -0.0683 e. The molecule has 0 bridgehead atoms. The van der Waals surface area contributed by atoms with E-state index in [1.807, 2.05) is 27.7 Å². The molecule has 1 aromatic carbocycles. The Morgan fingerprint density at radius 2 is 0.727 bits per heavy atom. The summed E-state index contributed by atoms with van der Waals surface area (Å²) in [6.45, 7) is 21.9. The summed E-state index contributed by atoms with van der Waals surface area (Å²) in [5.41, 5.74) is 3.66. The van der Waals surface area contributed by atoms with E-state index in [2.05, 4.69) is 65.8 Å². The average molecular weight is 307 g/mol. The highest BCUT2D eigenvalue weighted by molar-refractivity contribution is 5.32. The standard InChI is InChI=1S/C18H30.2C2H6/c1-7-17(5,8-2)15-11-13-16(14-12-15)18(6,9-3)10-4;2*1-2/h11-14H,7-10H2,1-6H3;2*1-2H3. The summed E-state index contributed by atoms with van der Waals surface area (Å²) >= 11 is 0. The highest BCUT2D eigenvalue weighted by Gasteiger charge is 2.25. The third kappa shape index (κ3) is 5.78. The van der Waals surface area contributed by atoms with Crippen molar-refractivity contribution in [1.29, 1.82) is 0 Å². The van der Waals surface area contributed by atoms with Crippen LogP contribution in [0.25, 0.3) is 0 Å². The van der Waals surface area contributed by atoms with Gasteiger partial charge in [-0.25, -0.2) is 0 Å². The molecular formula is C22H42. The minimum absolute atomic E-state index is 0.341.